The number of anilines is 1. The molecule has 2 N–H and O–H groups in total. The zero-order valence-corrected chi connectivity index (χ0v) is 11.8. The van der Waals surface area contributed by atoms with Crippen LogP contribution in [-0.2, 0) is 6.54 Å². The maximum atomic E-state index is 10.8. The maximum Gasteiger partial charge on any atom is 0.355 e. The minimum Gasteiger partial charge on any atom is -0.476 e. The Labute approximate surface area is 119 Å². The molecule has 0 unspecified atom stereocenters. The van der Waals surface area contributed by atoms with Crippen molar-refractivity contribution in [2.24, 2.45) is 0 Å². The Morgan fingerprint density at radius 1 is 1.50 bits per heavy atom. The second-order valence-corrected chi connectivity index (χ2v) is 5.11. The molecule has 0 bridgehead atoms. The molecule has 2 rings (SSSR count). The minimum atomic E-state index is -1.04. The summed E-state index contributed by atoms with van der Waals surface area (Å²) in [6.45, 7) is 4.00. The van der Waals surface area contributed by atoms with Gasteiger partial charge in [0.25, 0.3) is 0 Å². The molecule has 0 radical (unpaired) electrons. The van der Waals surface area contributed by atoms with Crippen molar-refractivity contribution in [2.45, 2.75) is 20.4 Å². The third-order valence-electron chi connectivity index (χ3n) is 2.64. The summed E-state index contributed by atoms with van der Waals surface area (Å²) in [7, 11) is 0. The van der Waals surface area contributed by atoms with E-state index in [4.69, 9.17) is 10.4 Å². The number of carboxylic acids is 1. The van der Waals surface area contributed by atoms with E-state index in [9.17, 15) is 4.79 Å². The van der Waals surface area contributed by atoms with Crippen LogP contribution in [0.4, 0.5) is 5.69 Å². The topological polar surface area (TPSA) is 98.9 Å². The van der Waals surface area contributed by atoms with Crippen LogP contribution >= 0.6 is 11.3 Å². The predicted molar refractivity (Wildman–Crippen MR) is 74.8 cm³/mol. The lowest BCUT2D eigenvalue weighted by molar-refractivity contribution is 0.0691. The molecule has 7 heteroatoms. The fraction of sp³-hybridized carbons (Fsp3) is 0.231. The Kier molecular flexibility index (Phi) is 3.96. The fourth-order valence-corrected chi connectivity index (χ4v) is 2.48. The van der Waals surface area contributed by atoms with Gasteiger partial charge in [-0.2, -0.15) is 5.26 Å². The summed E-state index contributed by atoms with van der Waals surface area (Å²) < 4.78 is 0. The van der Waals surface area contributed by atoms with Crippen LogP contribution in [0.2, 0.25) is 0 Å². The molecule has 6 nitrogen and oxygen atoms in total. The van der Waals surface area contributed by atoms with Crippen molar-refractivity contribution in [2.75, 3.05) is 5.32 Å². The predicted octanol–water partition coefficient (Wildman–Crippen LogP) is 2.34. The van der Waals surface area contributed by atoms with Gasteiger partial charge in [0.05, 0.1) is 23.5 Å². The highest BCUT2D eigenvalue weighted by Crippen LogP contribution is 2.20. The molecular weight excluding hydrogens is 276 g/mol. The number of thiazole rings is 1. The number of rotatable bonds is 4. The van der Waals surface area contributed by atoms with Crippen molar-refractivity contribution >= 4 is 23.0 Å². The second kappa shape index (κ2) is 5.67. The van der Waals surface area contributed by atoms with Crippen molar-refractivity contribution in [1.29, 1.82) is 5.26 Å². The summed E-state index contributed by atoms with van der Waals surface area (Å²) in [5.41, 5.74) is 2.69. The van der Waals surface area contributed by atoms with Gasteiger partial charge < -0.3 is 10.4 Å². The molecule has 0 aliphatic rings. The van der Waals surface area contributed by atoms with Gasteiger partial charge in [0.15, 0.2) is 5.69 Å². The smallest absolute Gasteiger partial charge is 0.355 e. The largest absolute Gasteiger partial charge is 0.476 e. The van der Waals surface area contributed by atoms with Crippen LogP contribution < -0.4 is 5.32 Å². The third-order valence-corrected chi connectivity index (χ3v) is 3.49. The van der Waals surface area contributed by atoms with E-state index >= 15 is 0 Å². The normalized spacial score (nSPS) is 10.1. The van der Waals surface area contributed by atoms with Crippen LogP contribution in [0.3, 0.4) is 0 Å². The van der Waals surface area contributed by atoms with Gasteiger partial charge in [0.1, 0.15) is 11.1 Å². The van der Waals surface area contributed by atoms with Crippen LogP contribution in [0, 0.1) is 25.2 Å². The molecule has 0 amide bonds. The zero-order valence-electron chi connectivity index (χ0n) is 11.0. The average molecular weight is 288 g/mol. The summed E-state index contributed by atoms with van der Waals surface area (Å²) in [4.78, 5) is 19.0. The number of carboxylic acid groups (broad SMARTS) is 1. The third kappa shape index (κ3) is 2.92. The number of carbonyl (C=O) groups is 1. The Morgan fingerprint density at radius 2 is 2.25 bits per heavy atom. The van der Waals surface area contributed by atoms with Crippen LogP contribution in [0.1, 0.15) is 32.4 Å². The molecule has 2 aromatic heterocycles. The number of nitrogens with one attached hydrogen (secondary N) is 1. The van der Waals surface area contributed by atoms with Crippen LogP contribution in [0.15, 0.2) is 11.4 Å². The first-order valence-corrected chi connectivity index (χ1v) is 6.69. The summed E-state index contributed by atoms with van der Waals surface area (Å²) >= 11 is 1.27. The van der Waals surface area contributed by atoms with E-state index in [1.54, 1.807) is 13.0 Å². The Hall–Kier alpha value is -2.46. The van der Waals surface area contributed by atoms with E-state index in [-0.39, 0.29) is 5.69 Å². The minimum absolute atomic E-state index is 0.0365. The van der Waals surface area contributed by atoms with Crippen molar-refractivity contribution in [3.05, 3.63) is 39.1 Å². The highest BCUT2D eigenvalue weighted by Gasteiger charge is 2.11. The highest BCUT2D eigenvalue weighted by molar-refractivity contribution is 7.09. The fourth-order valence-electron chi connectivity index (χ4n) is 1.77. The summed E-state index contributed by atoms with van der Waals surface area (Å²) in [6.07, 6.45) is 0. The Balaban J connectivity index is 2.18. The van der Waals surface area contributed by atoms with Gasteiger partial charge in [-0.15, -0.1) is 11.3 Å². The molecule has 0 fully saturated rings. The molecule has 20 heavy (non-hydrogen) atoms. The lowest BCUT2D eigenvalue weighted by Gasteiger charge is -2.09. The summed E-state index contributed by atoms with van der Waals surface area (Å²) in [5.74, 6) is -1.04. The van der Waals surface area contributed by atoms with E-state index in [0.717, 1.165) is 5.69 Å². The van der Waals surface area contributed by atoms with Gasteiger partial charge in [0.2, 0.25) is 0 Å². The molecule has 0 saturated heterocycles. The van der Waals surface area contributed by atoms with Gasteiger partial charge in [-0.3, -0.25) is 4.98 Å². The van der Waals surface area contributed by atoms with Crippen molar-refractivity contribution < 1.29 is 9.90 Å². The summed E-state index contributed by atoms with van der Waals surface area (Å²) in [6, 6.07) is 3.90. The molecule has 0 aromatic carbocycles. The lowest BCUT2D eigenvalue weighted by atomic mass is 10.1. The quantitative estimate of drug-likeness (QED) is 0.895. The van der Waals surface area contributed by atoms with Crippen molar-refractivity contribution in [3.8, 4) is 6.07 Å². The molecule has 0 saturated carbocycles. The van der Waals surface area contributed by atoms with Crippen molar-refractivity contribution in [3.63, 3.8) is 0 Å². The number of nitrogens with zero attached hydrogens (tertiary/aromatic N) is 3. The van der Waals surface area contributed by atoms with E-state index < -0.39 is 5.97 Å². The van der Waals surface area contributed by atoms with Gasteiger partial charge in [-0.25, -0.2) is 9.78 Å². The Morgan fingerprint density at radius 3 is 2.85 bits per heavy atom. The molecule has 102 valence electrons. The van der Waals surface area contributed by atoms with Crippen molar-refractivity contribution in [1.82, 2.24) is 9.97 Å². The number of pyridine rings is 1. The molecular formula is C13H12N4O2S. The van der Waals surface area contributed by atoms with E-state index in [1.807, 2.05) is 6.92 Å². The Bertz CT molecular complexity index is 703. The van der Waals surface area contributed by atoms with E-state index in [2.05, 4.69) is 21.4 Å². The summed E-state index contributed by atoms with van der Waals surface area (Å²) in [5, 5.41) is 23.2. The molecule has 0 atom stereocenters. The molecule has 0 spiro atoms. The SMILES string of the molecule is Cc1cc(NCc2nc(C(=O)O)cs2)c(C#N)c(C)n1. The molecule has 2 aromatic rings. The maximum absolute atomic E-state index is 10.8. The first kappa shape index (κ1) is 14.0. The number of hydrogen-bond donors (Lipinski definition) is 2. The second-order valence-electron chi connectivity index (χ2n) is 4.17. The average Bonchev–Trinajstić information content (AvgIpc) is 2.84. The molecule has 2 heterocycles. The number of hydrogen-bond acceptors (Lipinski definition) is 6. The van der Waals surface area contributed by atoms with Gasteiger partial charge in [-0.1, -0.05) is 0 Å². The number of nitriles is 1. The first-order chi connectivity index (χ1) is 9.51. The molecule has 0 aliphatic heterocycles. The number of aryl methyl sites for hydroxylation is 2. The first-order valence-electron chi connectivity index (χ1n) is 5.81. The molecule has 0 aliphatic carbocycles. The monoisotopic (exact) mass is 288 g/mol. The number of aromatic carboxylic acids is 1. The van der Waals surface area contributed by atoms with Gasteiger partial charge >= 0.3 is 5.97 Å². The number of aromatic nitrogens is 2. The van der Waals surface area contributed by atoms with Crippen LogP contribution in [0.25, 0.3) is 0 Å². The van der Waals surface area contributed by atoms with Crippen LogP contribution in [0.5, 0.6) is 0 Å². The standard InChI is InChI=1S/C13H12N4O2S/c1-7-3-10(9(4-14)8(2)16-7)15-5-12-17-11(6-20-12)13(18)19/h3,6H,5H2,1-2H3,(H,15,16)(H,18,19). The van der Waals surface area contributed by atoms with E-state index in [1.165, 1.54) is 16.7 Å². The highest BCUT2D eigenvalue weighted by atomic mass is 32.1. The lowest BCUT2D eigenvalue weighted by Crippen LogP contribution is -2.05. The van der Waals surface area contributed by atoms with E-state index in [0.29, 0.717) is 28.5 Å². The van der Waals surface area contributed by atoms with Gasteiger partial charge in [-0.05, 0) is 19.9 Å². The van der Waals surface area contributed by atoms with Gasteiger partial charge in [0, 0.05) is 11.1 Å². The zero-order chi connectivity index (χ0) is 14.7. The van der Waals surface area contributed by atoms with Crippen LogP contribution in [-0.4, -0.2) is 21.0 Å².